The van der Waals surface area contributed by atoms with Crippen molar-refractivity contribution in [3.8, 4) is 0 Å². The molecule has 0 aliphatic carbocycles. The summed E-state index contributed by atoms with van der Waals surface area (Å²) in [6.45, 7) is 6.66. The molecule has 0 aliphatic rings. The van der Waals surface area contributed by atoms with Crippen molar-refractivity contribution >= 4 is 21.6 Å². The van der Waals surface area contributed by atoms with Crippen LogP contribution in [0.4, 0.5) is 5.69 Å². The first-order valence-corrected chi connectivity index (χ1v) is 7.14. The molecule has 1 aromatic rings. The summed E-state index contributed by atoms with van der Waals surface area (Å²) in [5.41, 5.74) is 4.07. The molecule has 0 fully saturated rings. The Balaban J connectivity index is 3.02. The normalized spacial score (nSPS) is 10.9. The van der Waals surface area contributed by atoms with Gasteiger partial charge in [-0.1, -0.05) is 47.5 Å². The van der Waals surface area contributed by atoms with E-state index in [4.69, 9.17) is 0 Å². The van der Waals surface area contributed by atoms with Crippen molar-refractivity contribution in [2.24, 2.45) is 0 Å². The Kier molecular flexibility index (Phi) is 5.33. The zero-order chi connectivity index (χ0) is 12.1. The average molecular weight is 284 g/mol. The van der Waals surface area contributed by atoms with Crippen LogP contribution in [0.1, 0.15) is 37.8 Å². The SMILES string of the molecule is CCC(CC)N(C)c1ccc(C)cc1CBr. The molecule has 0 amide bonds. The number of alkyl halides is 1. The van der Waals surface area contributed by atoms with Gasteiger partial charge in [0.15, 0.2) is 0 Å². The maximum atomic E-state index is 3.58. The molecule has 0 bridgehead atoms. The number of aryl methyl sites for hydroxylation is 1. The van der Waals surface area contributed by atoms with Crippen molar-refractivity contribution in [3.05, 3.63) is 29.3 Å². The predicted molar refractivity (Wildman–Crippen MR) is 76.6 cm³/mol. The summed E-state index contributed by atoms with van der Waals surface area (Å²) >= 11 is 3.58. The quantitative estimate of drug-likeness (QED) is 0.719. The van der Waals surface area contributed by atoms with Crippen LogP contribution in [0.25, 0.3) is 0 Å². The van der Waals surface area contributed by atoms with Gasteiger partial charge < -0.3 is 4.90 Å². The summed E-state index contributed by atoms with van der Waals surface area (Å²) in [5.74, 6) is 0. The van der Waals surface area contributed by atoms with E-state index in [9.17, 15) is 0 Å². The highest BCUT2D eigenvalue weighted by Gasteiger charge is 2.13. The minimum Gasteiger partial charge on any atom is -0.371 e. The molecule has 0 heterocycles. The van der Waals surface area contributed by atoms with Crippen LogP contribution in [-0.4, -0.2) is 13.1 Å². The largest absolute Gasteiger partial charge is 0.371 e. The number of anilines is 1. The topological polar surface area (TPSA) is 3.24 Å². The van der Waals surface area contributed by atoms with Gasteiger partial charge in [-0.15, -0.1) is 0 Å². The van der Waals surface area contributed by atoms with E-state index >= 15 is 0 Å². The van der Waals surface area contributed by atoms with E-state index < -0.39 is 0 Å². The summed E-state index contributed by atoms with van der Waals surface area (Å²) in [7, 11) is 2.20. The van der Waals surface area contributed by atoms with Gasteiger partial charge in [0.1, 0.15) is 0 Å². The van der Waals surface area contributed by atoms with Gasteiger partial charge in [0.2, 0.25) is 0 Å². The smallest absolute Gasteiger partial charge is 0.0407 e. The Hall–Kier alpha value is -0.500. The predicted octanol–water partition coefficient (Wildman–Crippen LogP) is 4.51. The highest BCUT2D eigenvalue weighted by molar-refractivity contribution is 9.08. The number of nitrogens with zero attached hydrogens (tertiary/aromatic N) is 1. The maximum absolute atomic E-state index is 3.58. The first kappa shape index (κ1) is 13.6. The summed E-state index contributed by atoms with van der Waals surface area (Å²) in [6.07, 6.45) is 2.39. The Labute approximate surface area is 108 Å². The van der Waals surface area contributed by atoms with Gasteiger partial charge >= 0.3 is 0 Å². The van der Waals surface area contributed by atoms with Crippen molar-refractivity contribution in [1.29, 1.82) is 0 Å². The van der Waals surface area contributed by atoms with Gasteiger partial charge in [0.05, 0.1) is 0 Å². The highest BCUT2D eigenvalue weighted by atomic mass is 79.9. The zero-order valence-electron chi connectivity index (χ0n) is 10.8. The molecule has 0 spiro atoms. The molecule has 0 atom stereocenters. The van der Waals surface area contributed by atoms with E-state index in [2.05, 4.69) is 66.8 Å². The van der Waals surface area contributed by atoms with Gasteiger partial charge in [-0.2, -0.15) is 0 Å². The van der Waals surface area contributed by atoms with Crippen LogP contribution in [0.5, 0.6) is 0 Å². The van der Waals surface area contributed by atoms with E-state index in [0.717, 1.165) is 5.33 Å². The van der Waals surface area contributed by atoms with E-state index in [0.29, 0.717) is 6.04 Å². The van der Waals surface area contributed by atoms with Crippen molar-refractivity contribution in [2.45, 2.75) is 45.0 Å². The second kappa shape index (κ2) is 6.29. The third kappa shape index (κ3) is 3.00. The van der Waals surface area contributed by atoms with Crippen LogP contribution in [0.3, 0.4) is 0 Å². The molecule has 0 saturated heterocycles. The lowest BCUT2D eigenvalue weighted by Crippen LogP contribution is -2.31. The third-order valence-electron chi connectivity index (χ3n) is 3.25. The van der Waals surface area contributed by atoms with Crippen molar-refractivity contribution < 1.29 is 0 Å². The first-order chi connectivity index (χ1) is 7.63. The molecule has 0 aromatic heterocycles. The molecule has 1 aromatic carbocycles. The molecular formula is C14H22BrN. The number of benzene rings is 1. The van der Waals surface area contributed by atoms with E-state index in [1.54, 1.807) is 0 Å². The lowest BCUT2D eigenvalue weighted by Gasteiger charge is -2.30. The fraction of sp³-hybridized carbons (Fsp3) is 0.571. The second-order valence-corrected chi connectivity index (χ2v) is 4.91. The molecule has 0 saturated carbocycles. The van der Waals surface area contributed by atoms with Gasteiger partial charge in [-0.05, 0) is 31.4 Å². The maximum Gasteiger partial charge on any atom is 0.0407 e. The minimum atomic E-state index is 0.639. The second-order valence-electron chi connectivity index (χ2n) is 4.35. The van der Waals surface area contributed by atoms with Crippen LogP contribution < -0.4 is 4.90 Å². The number of halogens is 1. The van der Waals surface area contributed by atoms with Gasteiger partial charge in [0, 0.05) is 24.1 Å². The van der Waals surface area contributed by atoms with Crippen molar-refractivity contribution in [3.63, 3.8) is 0 Å². The van der Waals surface area contributed by atoms with Crippen LogP contribution in [-0.2, 0) is 5.33 Å². The number of hydrogen-bond donors (Lipinski definition) is 0. The summed E-state index contributed by atoms with van der Waals surface area (Å²) in [4.78, 5) is 2.41. The Morgan fingerprint density at radius 2 is 1.88 bits per heavy atom. The lowest BCUT2D eigenvalue weighted by atomic mass is 10.1. The first-order valence-electron chi connectivity index (χ1n) is 6.02. The van der Waals surface area contributed by atoms with Crippen molar-refractivity contribution in [1.82, 2.24) is 0 Å². The van der Waals surface area contributed by atoms with Crippen molar-refractivity contribution in [2.75, 3.05) is 11.9 Å². The number of hydrogen-bond acceptors (Lipinski definition) is 1. The Morgan fingerprint density at radius 1 is 1.25 bits per heavy atom. The Bertz CT molecular complexity index is 332. The van der Waals surface area contributed by atoms with E-state index in [1.807, 2.05) is 0 Å². The summed E-state index contributed by atoms with van der Waals surface area (Å²) < 4.78 is 0. The average Bonchev–Trinajstić information content (AvgIpc) is 2.30. The van der Waals surface area contributed by atoms with E-state index in [-0.39, 0.29) is 0 Å². The zero-order valence-corrected chi connectivity index (χ0v) is 12.3. The highest BCUT2D eigenvalue weighted by Crippen LogP contribution is 2.26. The standard InChI is InChI=1S/C14H22BrN/c1-5-13(6-2)16(4)14-8-7-11(3)9-12(14)10-15/h7-9,13H,5-6,10H2,1-4H3. The van der Waals surface area contributed by atoms with Crippen LogP contribution >= 0.6 is 15.9 Å². The molecule has 0 N–H and O–H groups in total. The van der Waals surface area contributed by atoms with Crippen LogP contribution in [0.2, 0.25) is 0 Å². The Morgan fingerprint density at radius 3 is 2.38 bits per heavy atom. The molecule has 0 unspecified atom stereocenters. The molecule has 1 rings (SSSR count). The fourth-order valence-corrected chi connectivity index (χ4v) is 2.65. The summed E-state index contributed by atoms with van der Waals surface area (Å²) in [6, 6.07) is 7.34. The third-order valence-corrected chi connectivity index (χ3v) is 3.85. The molecule has 16 heavy (non-hydrogen) atoms. The summed E-state index contributed by atoms with van der Waals surface area (Å²) in [5, 5.41) is 0.925. The lowest BCUT2D eigenvalue weighted by molar-refractivity contribution is 0.590. The van der Waals surface area contributed by atoms with Crippen LogP contribution in [0, 0.1) is 6.92 Å². The molecule has 0 radical (unpaired) electrons. The molecular weight excluding hydrogens is 262 g/mol. The van der Waals surface area contributed by atoms with E-state index in [1.165, 1.54) is 29.7 Å². The molecule has 1 nitrogen and oxygen atoms in total. The number of rotatable bonds is 5. The van der Waals surface area contributed by atoms with Gasteiger partial charge in [-0.25, -0.2) is 0 Å². The molecule has 0 aliphatic heterocycles. The molecule has 90 valence electrons. The van der Waals surface area contributed by atoms with Gasteiger partial charge in [0.25, 0.3) is 0 Å². The van der Waals surface area contributed by atoms with Crippen LogP contribution in [0.15, 0.2) is 18.2 Å². The monoisotopic (exact) mass is 283 g/mol. The molecule has 2 heteroatoms. The minimum absolute atomic E-state index is 0.639. The van der Waals surface area contributed by atoms with Gasteiger partial charge in [-0.3, -0.25) is 0 Å². The fourth-order valence-electron chi connectivity index (χ4n) is 2.20.